The number of carbonyl (C=O) groups is 2. The molecule has 2 aromatic heterocycles. The first-order chi connectivity index (χ1) is 21.4. The Morgan fingerprint density at radius 1 is 1.20 bits per heavy atom. The number of nitrogens with zero attached hydrogens (tertiary/aromatic N) is 6. The second kappa shape index (κ2) is 11.0. The van der Waals surface area contributed by atoms with E-state index < -0.39 is 35.0 Å². The number of aromatic nitrogens is 3. The first-order valence-electron chi connectivity index (χ1n) is 14.5. The Morgan fingerprint density at radius 2 is 1.96 bits per heavy atom. The summed E-state index contributed by atoms with van der Waals surface area (Å²) in [7, 11) is 0. The molecular formula is C30H29F3N8O3S. The molecule has 15 heteroatoms. The van der Waals surface area contributed by atoms with E-state index in [4.69, 9.17) is 17.0 Å². The summed E-state index contributed by atoms with van der Waals surface area (Å²) in [6, 6.07) is 7.40. The number of halogens is 3. The van der Waals surface area contributed by atoms with Crippen molar-refractivity contribution in [1.82, 2.24) is 20.0 Å². The second-order valence-electron chi connectivity index (χ2n) is 11.1. The molecule has 1 saturated heterocycles. The maximum absolute atomic E-state index is 14.0. The summed E-state index contributed by atoms with van der Waals surface area (Å²) in [4.78, 5) is 38.2. The molecule has 1 atom stereocenters. The van der Waals surface area contributed by atoms with E-state index >= 15 is 0 Å². The molecule has 6 rings (SSSR count). The van der Waals surface area contributed by atoms with Crippen LogP contribution in [0.2, 0.25) is 0 Å². The fraction of sp³-hybridized carbons (Fsp3) is 0.400. The lowest BCUT2D eigenvalue weighted by Gasteiger charge is -2.43. The zero-order valence-electron chi connectivity index (χ0n) is 24.7. The molecule has 0 bridgehead atoms. The van der Waals surface area contributed by atoms with E-state index in [2.05, 4.69) is 20.7 Å². The number of thiocarbonyl (C=S) groups is 1. The van der Waals surface area contributed by atoms with Crippen LogP contribution in [0.3, 0.4) is 0 Å². The Balaban J connectivity index is 1.42. The van der Waals surface area contributed by atoms with Gasteiger partial charge in [0.15, 0.2) is 16.5 Å². The molecule has 0 radical (unpaired) electrons. The van der Waals surface area contributed by atoms with Gasteiger partial charge in [-0.2, -0.15) is 18.4 Å². The quantitative estimate of drug-likeness (QED) is 0.348. The molecule has 2 N–H and O–H groups in total. The average molecular weight is 639 g/mol. The van der Waals surface area contributed by atoms with Crippen molar-refractivity contribution in [2.24, 2.45) is 0 Å². The lowest BCUT2D eigenvalue weighted by Crippen LogP contribution is -2.55. The zero-order chi connectivity index (χ0) is 32.3. The summed E-state index contributed by atoms with van der Waals surface area (Å²) in [5, 5.41) is 12.2. The predicted molar refractivity (Wildman–Crippen MR) is 161 cm³/mol. The number of nitriles is 1. The minimum atomic E-state index is -4.86. The number of imidazole rings is 1. The highest BCUT2D eigenvalue weighted by Gasteiger charge is 2.60. The Labute approximate surface area is 261 Å². The van der Waals surface area contributed by atoms with Crippen LogP contribution in [0.25, 0.3) is 0 Å². The van der Waals surface area contributed by atoms with Crippen molar-refractivity contribution in [2.45, 2.75) is 70.8 Å². The normalized spacial score (nSPS) is 18.8. The Kier molecular flexibility index (Phi) is 7.43. The number of anilines is 2. The van der Waals surface area contributed by atoms with Crippen molar-refractivity contribution >= 4 is 40.5 Å². The number of carbonyl (C=O) groups excluding carboxylic acids is 2. The molecule has 45 heavy (non-hydrogen) atoms. The van der Waals surface area contributed by atoms with Gasteiger partial charge in [-0.3, -0.25) is 19.9 Å². The van der Waals surface area contributed by atoms with Crippen molar-refractivity contribution < 1.29 is 27.5 Å². The fourth-order valence-corrected chi connectivity index (χ4v) is 6.64. The number of ether oxygens (including phenoxy) is 1. The van der Waals surface area contributed by atoms with Crippen LogP contribution < -0.4 is 25.3 Å². The molecule has 2 amide bonds. The molecule has 3 aliphatic rings. The number of hydrogen-bond donors (Lipinski definition) is 2. The summed E-state index contributed by atoms with van der Waals surface area (Å²) in [6.07, 6.45) is -1.51. The van der Waals surface area contributed by atoms with Gasteiger partial charge in [0.1, 0.15) is 29.3 Å². The average Bonchev–Trinajstić information content (AvgIpc) is 3.42. The summed E-state index contributed by atoms with van der Waals surface area (Å²) in [5.41, 5.74) is 2.08. The highest BCUT2D eigenvalue weighted by atomic mass is 32.1. The van der Waals surface area contributed by atoms with E-state index in [-0.39, 0.29) is 16.7 Å². The fourth-order valence-electron chi connectivity index (χ4n) is 6.17. The molecule has 1 spiro atoms. The van der Waals surface area contributed by atoms with E-state index in [0.29, 0.717) is 66.5 Å². The molecule has 4 heterocycles. The van der Waals surface area contributed by atoms with Gasteiger partial charge in [0.2, 0.25) is 0 Å². The maximum atomic E-state index is 14.0. The molecular weight excluding hydrogens is 609 g/mol. The van der Waals surface area contributed by atoms with Gasteiger partial charge < -0.3 is 15.0 Å². The first-order valence-corrected chi connectivity index (χ1v) is 14.9. The van der Waals surface area contributed by atoms with E-state index in [0.717, 1.165) is 23.6 Å². The Bertz CT molecular complexity index is 1780. The maximum Gasteiger partial charge on any atom is 0.419 e. The van der Waals surface area contributed by atoms with E-state index in [1.54, 1.807) is 34.7 Å². The molecule has 234 valence electrons. The SMILES string of the molecule is CCCc1nc(C)c2n1NC(c1cc(N3C(=S)N(c4cnc(C#N)c(C(F)(F)F)c4)C(=O)C34CCC4)ccc1OCC)NC2=O. The minimum Gasteiger partial charge on any atom is -0.493 e. The van der Waals surface area contributed by atoms with Gasteiger partial charge in [0, 0.05) is 17.7 Å². The zero-order valence-corrected chi connectivity index (χ0v) is 25.5. The second-order valence-corrected chi connectivity index (χ2v) is 11.4. The molecule has 1 unspecified atom stereocenters. The number of benzene rings is 1. The number of hydrogen-bond acceptors (Lipinski definition) is 8. The van der Waals surface area contributed by atoms with Crippen LogP contribution in [-0.4, -0.2) is 43.7 Å². The van der Waals surface area contributed by atoms with Crippen LogP contribution in [0.15, 0.2) is 30.5 Å². The van der Waals surface area contributed by atoms with E-state index in [1.165, 1.54) is 6.07 Å². The lowest BCUT2D eigenvalue weighted by molar-refractivity contribution is -0.138. The third-order valence-electron chi connectivity index (χ3n) is 8.34. The lowest BCUT2D eigenvalue weighted by atomic mass is 9.75. The topological polar surface area (TPSA) is 128 Å². The van der Waals surface area contributed by atoms with Gasteiger partial charge in [0.25, 0.3) is 11.8 Å². The number of aryl methyl sites for hydroxylation is 2. The number of pyridine rings is 1. The van der Waals surface area contributed by atoms with Gasteiger partial charge in [-0.25, -0.2) is 14.6 Å². The van der Waals surface area contributed by atoms with Gasteiger partial charge in [-0.15, -0.1) is 0 Å². The number of nitrogens with one attached hydrogen (secondary N) is 2. The predicted octanol–water partition coefficient (Wildman–Crippen LogP) is 4.87. The monoisotopic (exact) mass is 638 g/mol. The van der Waals surface area contributed by atoms with Crippen LogP contribution >= 0.6 is 12.2 Å². The third-order valence-corrected chi connectivity index (χ3v) is 8.71. The summed E-state index contributed by atoms with van der Waals surface area (Å²) in [6.45, 7) is 5.97. The molecule has 1 aliphatic carbocycles. The standard InChI is InChI=1S/C30H29F3N8O3S/c1-4-7-23-36-16(3)24-26(42)37-25(38-41(23)24)19-12-17(8-9-22(19)44-5-2)40-28(45)39(27(43)29(40)10-6-11-29)18-13-20(30(31,32)33)21(14-34)35-15-18/h8-9,12-13,15,25,38H,4-7,10-11H2,1-3H3,(H,37,42). The van der Waals surface area contributed by atoms with Gasteiger partial charge in [-0.05, 0) is 76.0 Å². The molecule has 2 fully saturated rings. The first kappa shape index (κ1) is 30.3. The highest BCUT2D eigenvalue weighted by molar-refractivity contribution is 7.81. The minimum absolute atomic E-state index is 0.0205. The van der Waals surface area contributed by atoms with Gasteiger partial charge in [-0.1, -0.05) is 6.92 Å². The van der Waals surface area contributed by atoms with Crippen molar-refractivity contribution in [3.63, 3.8) is 0 Å². The van der Waals surface area contributed by atoms with Crippen molar-refractivity contribution in [3.05, 3.63) is 64.5 Å². The van der Waals surface area contributed by atoms with Crippen molar-refractivity contribution in [1.29, 1.82) is 5.26 Å². The van der Waals surface area contributed by atoms with Crippen LogP contribution in [-0.2, 0) is 17.4 Å². The summed E-state index contributed by atoms with van der Waals surface area (Å²) >= 11 is 5.78. The molecule has 3 aromatic rings. The van der Waals surface area contributed by atoms with E-state index in [9.17, 15) is 28.0 Å². The van der Waals surface area contributed by atoms with Crippen molar-refractivity contribution in [3.8, 4) is 11.8 Å². The van der Waals surface area contributed by atoms with E-state index in [1.807, 2.05) is 13.8 Å². The van der Waals surface area contributed by atoms with Gasteiger partial charge >= 0.3 is 6.18 Å². The Hall–Kier alpha value is -4.71. The number of alkyl halides is 3. The largest absolute Gasteiger partial charge is 0.493 e. The van der Waals surface area contributed by atoms with Crippen LogP contribution in [0, 0.1) is 18.3 Å². The highest BCUT2D eigenvalue weighted by Crippen LogP contribution is 2.49. The molecule has 1 aromatic carbocycles. The number of fused-ring (bicyclic) bond motifs is 1. The molecule has 11 nitrogen and oxygen atoms in total. The number of rotatable bonds is 7. The molecule has 2 aliphatic heterocycles. The molecule has 1 saturated carbocycles. The Morgan fingerprint density at radius 3 is 2.58 bits per heavy atom. The smallest absolute Gasteiger partial charge is 0.419 e. The van der Waals surface area contributed by atoms with Crippen LogP contribution in [0.1, 0.15) is 84.5 Å². The van der Waals surface area contributed by atoms with Crippen molar-refractivity contribution in [2.75, 3.05) is 21.8 Å². The number of amides is 2. The summed E-state index contributed by atoms with van der Waals surface area (Å²) in [5.74, 6) is 0.406. The van der Waals surface area contributed by atoms with Gasteiger partial charge in [0.05, 0.1) is 29.7 Å². The van der Waals surface area contributed by atoms with Crippen LogP contribution in [0.4, 0.5) is 24.5 Å². The van der Waals surface area contributed by atoms with Crippen LogP contribution in [0.5, 0.6) is 5.75 Å². The third kappa shape index (κ3) is 4.75. The summed E-state index contributed by atoms with van der Waals surface area (Å²) < 4.78 is 49.0.